The van der Waals surface area contributed by atoms with Crippen molar-refractivity contribution in [1.82, 2.24) is 0 Å². The molecule has 9 heteroatoms. The number of methoxy groups -OCH3 is 2. The summed E-state index contributed by atoms with van der Waals surface area (Å²) in [6.45, 7) is 1.67. The minimum atomic E-state index is -4.18. The Hall–Kier alpha value is -1.90. The molecule has 5 nitrogen and oxygen atoms in total. The second kappa shape index (κ2) is 9.55. The van der Waals surface area contributed by atoms with E-state index in [1.54, 1.807) is 19.1 Å². The van der Waals surface area contributed by atoms with Crippen LogP contribution >= 0.6 is 11.8 Å². The van der Waals surface area contributed by atoms with Crippen molar-refractivity contribution in [2.45, 2.75) is 37.3 Å². The monoisotopic (exact) mass is 379 g/mol. The fraction of sp³-hybridized carbons (Fsp3) is 0.500. The fourth-order valence-electron chi connectivity index (χ4n) is 2.05. The summed E-state index contributed by atoms with van der Waals surface area (Å²) >= 11 is 1.20. The van der Waals surface area contributed by atoms with Gasteiger partial charge in [-0.15, -0.1) is 11.8 Å². The van der Waals surface area contributed by atoms with E-state index >= 15 is 0 Å². The van der Waals surface area contributed by atoms with Crippen LogP contribution in [0.2, 0.25) is 0 Å². The number of rotatable bonds is 9. The summed E-state index contributed by atoms with van der Waals surface area (Å²) in [5.74, 6) is 1.05. The molecule has 0 N–H and O–H groups in total. The van der Waals surface area contributed by atoms with Gasteiger partial charge in [0.2, 0.25) is 5.70 Å². The van der Waals surface area contributed by atoms with E-state index in [2.05, 4.69) is 0 Å². The zero-order valence-electron chi connectivity index (χ0n) is 14.2. The van der Waals surface area contributed by atoms with E-state index in [1.807, 2.05) is 0 Å². The molecule has 0 unspecified atom stereocenters. The van der Waals surface area contributed by atoms with Crippen LogP contribution in [0.15, 0.2) is 22.7 Å². The number of hydrogen-bond acceptors (Lipinski definition) is 5. The van der Waals surface area contributed by atoms with E-state index in [0.29, 0.717) is 22.0 Å². The van der Waals surface area contributed by atoms with Gasteiger partial charge in [-0.25, -0.2) is 0 Å². The molecule has 0 spiro atoms. The lowest BCUT2D eigenvalue weighted by molar-refractivity contribution is -0.425. The maximum Gasteiger partial charge on any atom is 0.389 e. The number of nitro groups is 1. The standard InChI is InChI=1S/C16H20F3NO4S/c1-4-12(20(21)22)8-11-9-13(23-2)15(14(10-11)24-3)25-7-5-6-16(17,18)19/h8-10H,4-7H2,1-3H3/b12-8+. The highest BCUT2D eigenvalue weighted by Gasteiger charge is 2.26. The third-order valence-electron chi connectivity index (χ3n) is 3.26. The van der Waals surface area contributed by atoms with E-state index in [0.717, 1.165) is 0 Å². The van der Waals surface area contributed by atoms with Crippen LogP contribution in [0.25, 0.3) is 6.08 Å². The Morgan fingerprint density at radius 2 is 1.84 bits per heavy atom. The highest BCUT2D eigenvalue weighted by Crippen LogP contribution is 2.40. The van der Waals surface area contributed by atoms with Crippen LogP contribution in [0.5, 0.6) is 11.5 Å². The van der Waals surface area contributed by atoms with Gasteiger partial charge in [0.05, 0.1) is 24.0 Å². The largest absolute Gasteiger partial charge is 0.495 e. The van der Waals surface area contributed by atoms with Crippen LogP contribution < -0.4 is 9.47 Å². The first-order valence-electron chi connectivity index (χ1n) is 7.52. The summed E-state index contributed by atoms with van der Waals surface area (Å²) in [6, 6.07) is 3.21. The third kappa shape index (κ3) is 6.85. The van der Waals surface area contributed by atoms with E-state index in [9.17, 15) is 23.3 Å². The summed E-state index contributed by atoms with van der Waals surface area (Å²) in [6.07, 6.45) is -3.38. The molecule has 0 amide bonds. The molecule has 0 aromatic heterocycles. The SMILES string of the molecule is CC/C(=C\c1cc(OC)c(SCCCC(F)(F)F)c(OC)c1)[N+](=O)[O-]. The summed E-state index contributed by atoms with van der Waals surface area (Å²) < 4.78 is 47.2. The highest BCUT2D eigenvalue weighted by molar-refractivity contribution is 7.99. The first-order chi connectivity index (χ1) is 11.7. The Morgan fingerprint density at radius 1 is 1.28 bits per heavy atom. The minimum Gasteiger partial charge on any atom is -0.495 e. The molecule has 0 saturated heterocycles. The zero-order chi connectivity index (χ0) is 19.0. The maximum absolute atomic E-state index is 12.2. The zero-order valence-corrected chi connectivity index (χ0v) is 15.0. The Kier molecular flexibility index (Phi) is 8.08. The van der Waals surface area contributed by atoms with Crippen LogP contribution in [0.1, 0.15) is 31.7 Å². The molecular formula is C16H20F3NO4S. The third-order valence-corrected chi connectivity index (χ3v) is 4.45. The molecular weight excluding hydrogens is 359 g/mol. The molecule has 0 atom stereocenters. The van der Waals surface area contributed by atoms with Gasteiger partial charge in [-0.1, -0.05) is 6.92 Å². The Morgan fingerprint density at radius 3 is 2.24 bits per heavy atom. The van der Waals surface area contributed by atoms with Crippen LogP contribution in [0, 0.1) is 10.1 Å². The lowest BCUT2D eigenvalue weighted by Crippen LogP contribution is -2.07. The minimum absolute atomic E-state index is 0.0244. The van der Waals surface area contributed by atoms with E-state index in [-0.39, 0.29) is 24.3 Å². The number of benzene rings is 1. The van der Waals surface area contributed by atoms with Crippen LogP contribution in [0.3, 0.4) is 0 Å². The quantitative estimate of drug-likeness (QED) is 0.256. The van der Waals surface area contributed by atoms with Gasteiger partial charge >= 0.3 is 6.18 Å². The molecule has 140 valence electrons. The van der Waals surface area contributed by atoms with Gasteiger partial charge in [0.15, 0.2) is 0 Å². The van der Waals surface area contributed by atoms with E-state index in [4.69, 9.17) is 9.47 Å². The van der Waals surface area contributed by atoms with Crippen LogP contribution in [0.4, 0.5) is 13.2 Å². The number of alkyl halides is 3. The molecule has 25 heavy (non-hydrogen) atoms. The van der Waals surface area contributed by atoms with Crippen molar-refractivity contribution in [2.24, 2.45) is 0 Å². The normalized spacial score (nSPS) is 12.2. The number of ether oxygens (including phenoxy) is 2. The van der Waals surface area contributed by atoms with Crippen molar-refractivity contribution in [3.05, 3.63) is 33.5 Å². The summed E-state index contributed by atoms with van der Waals surface area (Å²) in [5.41, 5.74) is 0.566. The molecule has 0 aliphatic heterocycles. The van der Waals surface area contributed by atoms with Crippen molar-refractivity contribution < 1.29 is 27.6 Å². The van der Waals surface area contributed by atoms with Crippen molar-refractivity contribution >= 4 is 17.8 Å². The molecule has 0 aliphatic carbocycles. The second-order valence-corrected chi connectivity index (χ2v) is 6.17. The van der Waals surface area contributed by atoms with Crippen molar-refractivity contribution in [2.75, 3.05) is 20.0 Å². The number of allylic oxidation sites excluding steroid dienone is 1. The number of halogens is 3. The van der Waals surface area contributed by atoms with Crippen molar-refractivity contribution in [3.63, 3.8) is 0 Å². The molecule has 0 aliphatic rings. The van der Waals surface area contributed by atoms with Gasteiger partial charge in [0.25, 0.3) is 0 Å². The predicted molar refractivity (Wildman–Crippen MR) is 90.8 cm³/mol. The van der Waals surface area contributed by atoms with E-state index < -0.39 is 17.5 Å². The van der Waals surface area contributed by atoms with Gasteiger partial charge < -0.3 is 9.47 Å². The number of hydrogen-bond donors (Lipinski definition) is 0. The van der Waals surface area contributed by atoms with Crippen LogP contribution in [-0.2, 0) is 0 Å². The molecule has 1 rings (SSSR count). The molecule has 0 bridgehead atoms. The summed E-state index contributed by atoms with van der Waals surface area (Å²) in [7, 11) is 2.85. The smallest absolute Gasteiger partial charge is 0.389 e. The van der Waals surface area contributed by atoms with Crippen molar-refractivity contribution in [3.8, 4) is 11.5 Å². The molecule has 0 radical (unpaired) electrons. The first-order valence-corrected chi connectivity index (χ1v) is 8.51. The summed E-state index contributed by atoms with van der Waals surface area (Å²) in [4.78, 5) is 11.1. The van der Waals surface area contributed by atoms with E-state index in [1.165, 1.54) is 32.1 Å². The number of nitrogens with zero attached hydrogens (tertiary/aromatic N) is 1. The molecule has 0 fully saturated rings. The van der Waals surface area contributed by atoms with Gasteiger partial charge in [-0.3, -0.25) is 10.1 Å². The Labute approximate surface area is 148 Å². The lowest BCUT2D eigenvalue weighted by atomic mass is 10.1. The average Bonchev–Trinajstić information content (AvgIpc) is 2.55. The predicted octanol–water partition coefficient (Wildman–Crippen LogP) is 5.17. The van der Waals surface area contributed by atoms with Gasteiger partial charge in [-0.2, -0.15) is 13.2 Å². The van der Waals surface area contributed by atoms with Crippen molar-refractivity contribution in [1.29, 1.82) is 0 Å². The first kappa shape index (κ1) is 21.1. The molecule has 0 saturated carbocycles. The Bertz CT molecular complexity index is 607. The fourth-order valence-corrected chi connectivity index (χ4v) is 3.11. The second-order valence-electron chi connectivity index (χ2n) is 5.07. The highest BCUT2D eigenvalue weighted by atomic mass is 32.2. The Balaban J connectivity index is 3.04. The molecule has 1 aromatic carbocycles. The number of thioether (sulfide) groups is 1. The summed E-state index contributed by atoms with van der Waals surface area (Å²) in [5, 5.41) is 10.9. The van der Waals surface area contributed by atoms with Gasteiger partial charge in [0.1, 0.15) is 11.5 Å². The maximum atomic E-state index is 12.2. The van der Waals surface area contributed by atoms with Crippen LogP contribution in [-0.4, -0.2) is 31.1 Å². The lowest BCUT2D eigenvalue weighted by Gasteiger charge is -2.14. The molecule has 0 heterocycles. The molecule has 1 aromatic rings. The average molecular weight is 379 g/mol. The topological polar surface area (TPSA) is 61.6 Å². The van der Waals surface area contributed by atoms with Gasteiger partial charge in [0, 0.05) is 18.9 Å². The van der Waals surface area contributed by atoms with Gasteiger partial charge in [-0.05, 0) is 29.9 Å².